The van der Waals surface area contributed by atoms with Crippen molar-refractivity contribution < 1.29 is 77.5 Å². The Balaban J connectivity index is 0.00000256. The second-order valence-electron chi connectivity index (χ2n) is 4.06. The molecule has 0 N–H and O–H groups in total. The van der Waals surface area contributed by atoms with Gasteiger partial charge in [0.15, 0.2) is 4.75 Å². The Bertz CT molecular complexity index is 459. The summed E-state index contributed by atoms with van der Waals surface area (Å²) < 4.78 is 58.0. The molecule has 0 aromatic rings. The Morgan fingerprint density at radius 2 is 1.82 bits per heavy atom. The molecule has 0 atom stereocenters. The first-order valence-electron chi connectivity index (χ1n) is 4.36. The molecule has 1 rings (SSSR count). The Labute approximate surface area is 140 Å². The molecule has 4 nitrogen and oxygen atoms in total. The van der Waals surface area contributed by atoms with Gasteiger partial charge < -0.3 is 12.9 Å². The zero-order valence-corrected chi connectivity index (χ0v) is 13.6. The molecule has 1 aliphatic rings. The van der Waals surface area contributed by atoms with E-state index < -0.39 is 39.7 Å². The molecule has 1 saturated heterocycles. The molecule has 10 heteroatoms. The summed E-state index contributed by atoms with van der Waals surface area (Å²) in [6.45, 7) is -1.28. The third-order valence-electron chi connectivity index (χ3n) is 2.49. The maximum Gasteiger partial charge on any atom is 1.00 e. The molecule has 17 heavy (non-hydrogen) atoms. The number of amides is 1. The predicted octanol–water partition coefficient (Wildman–Crippen LogP) is -2.12. The van der Waals surface area contributed by atoms with Crippen molar-refractivity contribution in [3.05, 3.63) is 12.1 Å². The van der Waals surface area contributed by atoms with Crippen molar-refractivity contribution in [3.63, 3.8) is 0 Å². The van der Waals surface area contributed by atoms with E-state index in [-0.39, 0.29) is 55.7 Å². The van der Waals surface area contributed by atoms with E-state index in [9.17, 15) is 26.2 Å². The standard InChI is InChI=1S/C7H10BF3NO3S.K/c1-5(8(9,10)11)4-12-6(13)7(2,3)16(12,14)15;/h1,4H2,2-3H3;/q-1;+1. The SMILES string of the molecule is C=C(CN1C(=O)C(C)(C)S1(=O)=O)[B-](F)(F)F.[K+]. The normalized spacial score (nSPS) is 21.5. The average Bonchev–Trinajstić information content (AvgIpc) is 2.10. The minimum Gasteiger partial charge on any atom is -0.445 e. The van der Waals surface area contributed by atoms with Crippen molar-refractivity contribution in [3.8, 4) is 0 Å². The van der Waals surface area contributed by atoms with Crippen LogP contribution < -0.4 is 51.4 Å². The van der Waals surface area contributed by atoms with Gasteiger partial charge in [-0.15, -0.1) is 12.1 Å². The first kappa shape index (κ1) is 17.7. The molecule has 0 radical (unpaired) electrons. The molecule has 0 bridgehead atoms. The molecule has 1 fully saturated rings. The largest absolute Gasteiger partial charge is 1.00 e. The van der Waals surface area contributed by atoms with Gasteiger partial charge in [0, 0.05) is 6.54 Å². The number of nitrogens with zero attached hydrogens (tertiary/aromatic N) is 1. The van der Waals surface area contributed by atoms with Crippen molar-refractivity contribution in [1.29, 1.82) is 0 Å². The Hall–Kier alpha value is 0.651. The van der Waals surface area contributed by atoms with Crippen LogP contribution in [0.4, 0.5) is 12.9 Å². The molecule has 1 heterocycles. The molecule has 0 unspecified atom stereocenters. The Morgan fingerprint density at radius 3 is 2.12 bits per heavy atom. The molecule has 0 saturated carbocycles. The van der Waals surface area contributed by atoms with E-state index in [1.54, 1.807) is 0 Å². The van der Waals surface area contributed by atoms with E-state index in [0.717, 1.165) is 13.8 Å². The van der Waals surface area contributed by atoms with Gasteiger partial charge in [0.05, 0.1) is 0 Å². The summed E-state index contributed by atoms with van der Waals surface area (Å²) in [7, 11) is -3.97. The van der Waals surface area contributed by atoms with Crippen molar-refractivity contribution >= 4 is 22.9 Å². The fraction of sp³-hybridized carbons (Fsp3) is 0.571. The van der Waals surface area contributed by atoms with E-state index in [2.05, 4.69) is 6.58 Å². The van der Waals surface area contributed by atoms with E-state index in [0.29, 0.717) is 0 Å². The average molecular weight is 295 g/mol. The van der Waals surface area contributed by atoms with Gasteiger partial charge in [-0.2, -0.15) is 0 Å². The van der Waals surface area contributed by atoms with E-state index in [4.69, 9.17) is 0 Å². The van der Waals surface area contributed by atoms with Gasteiger partial charge in [0.25, 0.3) is 15.9 Å². The van der Waals surface area contributed by atoms with Gasteiger partial charge in [-0.25, -0.2) is 12.7 Å². The van der Waals surface area contributed by atoms with E-state index in [1.807, 2.05) is 0 Å². The molecule has 92 valence electrons. The van der Waals surface area contributed by atoms with Crippen LogP contribution in [-0.4, -0.2) is 36.9 Å². The summed E-state index contributed by atoms with van der Waals surface area (Å²) in [5, 5.41) is 0. The van der Waals surface area contributed by atoms with Crippen LogP contribution in [0.1, 0.15) is 13.8 Å². The quantitative estimate of drug-likeness (QED) is 0.560. The van der Waals surface area contributed by atoms with Crippen LogP contribution in [0, 0.1) is 0 Å². The fourth-order valence-corrected chi connectivity index (χ4v) is 2.73. The third kappa shape index (κ3) is 2.81. The monoisotopic (exact) mass is 295 g/mol. The molecule has 0 spiro atoms. The second-order valence-corrected chi connectivity index (χ2v) is 6.47. The zero-order chi connectivity index (χ0) is 12.9. The molecular formula is C7H10BF3KNO3S. The summed E-state index contributed by atoms with van der Waals surface area (Å²) >= 11 is 0. The molecule has 0 aromatic heterocycles. The van der Waals surface area contributed by atoms with E-state index in [1.165, 1.54) is 0 Å². The van der Waals surface area contributed by atoms with Gasteiger partial charge in [-0.1, -0.05) is 0 Å². The number of carbonyl (C=O) groups is 1. The summed E-state index contributed by atoms with van der Waals surface area (Å²) in [6, 6.07) is 0. The van der Waals surface area contributed by atoms with Crippen molar-refractivity contribution in [1.82, 2.24) is 4.31 Å². The van der Waals surface area contributed by atoms with Crippen molar-refractivity contribution in [2.75, 3.05) is 6.54 Å². The van der Waals surface area contributed by atoms with Crippen LogP contribution in [0.3, 0.4) is 0 Å². The maximum absolute atomic E-state index is 12.2. The number of hydrogen-bond donors (Lipinski definition) is 0. The summed E-state index contributed by atoms with van der Waals surface area (Å²) in [6.07, 6.45) is 0. The molecule has 1 aliphatic heterocycles. The molecule has 1 amide bonds. The molecule has 0 aliphatic carbocycles. The summed E-state index contributed by atoms with van der Waals surface area (Å²) in [4.78, 5) is 11.3. The zero-order valence-electron chi connectivity index (χ0n) is 9.71. The number of hydrogen-bond acceptors (Lipinski definition) is 3. The Morgan fingerprint density at radius 1 is 1.41 bits per heavy atom. The number of halogens is 3. The maximum atomic E-state index is 12.2. The molecule has 0 aromatic carbocycles. The Kier molecular flexibility index (Phi) is 5.16. The third-order valence-corrected chi connectivity index (χ3v) is 4.83. The van der Waals surface area contributed by atoms with Gasteiger partial charge in [0.1, 0.15) is 0 Å². The van der Waals surface area contributed by atoms with Gasteiger partial charge in [-0.3, -0.25) is 4.79 Å². The van der Waals surface area contributed by atoms with Crippen LogP contribution in [-0.2, 0) is 14.8 Å². The van der Waals surface area contributed by atoms with Crippen LogP contribution in [0.5, 0.6) is 0 Å². The predicted molar refractivity (Wildman–Crippen MR) is 52.9 cm³/mol. The van der Waals surface area contributed by atoms with Crippen LogP contribution in [0.25, 0.3) is 0 Å². The van der Waals surface area contributed by atoms with E-state index >= 15 is 0 Å². The first-order chi connectivity index (χ1) is 6.92. The van der Waals surface area contributed by atoms with Gasteiger partial charge in [0.2, 0.25) is 0 Å². The van der Waals surface area contributed by atoms with Crippen LogP contribution in [0.15, 0.2) is 12.1 Å². The summed E-state index contributed by atoms with van der Waals surface area (Å²) in [5.74, 6) is -0.839. The number of rotatable bonds is 3. The summed E-state index contributed by atoms with van der Waals surface area (Å²) in [5.41, 5.74) is -1.20. The van der Waals surface area contributed by atoms with Gasteiger partial charge >= 0.3 is 58.4 Å². The van der Waals surface area contributed by atoms with Gasteiger partial charge in [-0.05, 0) is 13.8 Å². The first-order valence-corrected chi connectivity index (χ1v) is 5.80. The second kappa shape index (κ2) is 4.97. The fourth-order valence-electron chi connectivity index (χ4n) is 1.20. The van der Waals surface area contributed by atoms with Crippen molar-refractivity contribution in [2.24, 2.45) is 0 Å². The topological polar surface area (TPSA) is 54.5 Å². The van der Waals surface area contributed by atoms with Crippen molar-refractivity contribution in [2.45, 2.75) is 18.6 Å². The molecular weight excluding hydrogens is 285 g/mol. The number of carbonyl (C=O) groups excluding carboxylic acids is 1. The number of sulfonamides is 1. The van der Waals surface area contributed by atoms with Crippen LogP contribution in [0.2, 0.25) is 0 Å². The minimum absolute atomic E-state index is 0. The smallest absolute Gasteiger partial charge is 0.445 e. The van der Waals surface area contributed by atoms with Crippen LogP contribution >= 0.6 is 0 Å². The minimum atomic E-state index is -5.33.